The Labute approximate surface area is 173 Å². The molecule has 8 nitrogen and oxygen atoms in total. The second-order valence-corrected chi connectivity index (χ2v) is 7.41. The molecule has 2 aliphatic heterocycles. The lowest BCUT2D eigenvalue weighted by Crippen LogP contribution is -2.54. The minimum Gasteiger partial charge on any atom is -0.329 e. The number of rotatable bonds is 6. The van der Waals surface area contributed by atoms with Crippen LogP contribution in [0.5, 0.6) is 0 Å². The highest BCUT2D eigenvalue weighted by Crippen LogP contribution is 2.28. The van der Waals surface area contributed by atoms with Gasteiger partial charge in [-0.1, -0.05) is 36.4 Å². The average Bonchev–Trinajstić information content (AvgIpc) is 2.99. The van der Waals surface area contributed by atoms with E-state index in [1.165, 1.54) is 0 Å². The molecule has 4 N–H and O–H groups in total. The number of carbonyl (C=O) groups excluding carboxylic acids is 4. The highest BCUT2D eigenvalue weighted by molar-refractivity contribution is 6.23. The highest BCUT2D eigenvalue weighted by atomic mass is 16.2. The van der Waals surface area contributed by atoms with E-state index in [2.05, 4.69) is 10.6 Å². The van der Waals surface area contributed by atoms with Crippen LogP contribution in [0.25, 0.3) is 0 Å². The van der Waals surface area contributed by atoms with Gasteiger partial charge in [-0.3, -0.25) is 29.4 Å². The van der Waals surface area contributed by atoms with Crippen molar-refractivity contribution in [3.05, 3.63) is 70.8 Å². The van der Waals surface area contributed by atoms with E-state index < -0.39 is 29.7 Å². The van der Waals surface area contributed by atoms with E-state index in [4.69, 9.17) is 5.73 Å². The molecular formula is C22H22N4O4. The zero-order valence-corrected chi connectivity index (χ0v) is 16.3. The molecule has 0 radical (unpaired) electrons. The Morgan fingerprint density at radius 2 is 1.77 bits per heavy atom. The lowest BCUT2D eigenvalue weighted by molar-refractivity contribution is -0.136. The molecule has 4 amide bonds. The van der Waals surface area contributed by atoms with E-state index in [0.29, 0.717) is 13.1 Å². The largest absolute Gasteiger partial charge is 0.329 e. The molecule has 2 aliphatic rings. The van der Waals surface area contributed by atoms with Crippen LogP contribution in [0.1, 0.15) is 50.7 Å². The van der Waals surface area contributed by atoms with Gasteiger partial charge in [0.1, 0.15) is 6.04 Å². The van der Waals surface area contributed by atoms with Crippen LogP contribution in [-0.4, -0.2) is 41.1 Å². The average molecular weight is 406 g/mol. The Morgan fingerprint density at radius 3 is 2.47 bits per heavy atom. The second kappa shape index (κ2) is 8.17. The lowest BCUT2D eigenvalue weighted by atomic mass is 10.0. The number of nitrogens with zero attached hydrogens (tertiary/aromatic N) is 1. The minimum atomic E-state index is -0.962. The van der Waals surface area contributed by atoms with Crippen LogP contribution in [0.3, 0.4) is 0 Å². The van der Waals surface area contributed by atoms with Crippen molar-refractivity contribution in [2.24, 2.45) is 5.73 Å². The number of fused-ring (bicyclic) bond motifs is 1. The molecular weight excluding hydrogens is 384 g/mol. The topological polar surface area (TPSA) is 122 Å². The number of benzene rings is 2. The van der Waals surface area contributed by atoms with E-state index in [1.807, 2.05) is 30.3 Å². The van der Waals surface area contributed by atoms with Crippen LogP contribution in [0.4, 0.5) is 0 Å². The SMILES string of the molecule is NC[C@@H](NCc1ccc2c(c1)C(=O)N(C1CCC(=O)NC1=O)C2=O)c1ccccc1. The Balaban J connectivity index is 1.50. The van der Waals surface area contributed by atoms with Gasteiger partial charge < -0.3 is 11.1 Å². The van der Waals surface area contributed by atoms with Crippen LogP contribution in [-0.2, 0) is 16.1 Å². The van der Waals surface area contributed by atoms with Gasteiger partial charge in [0.15, 0.2) is 0 Å². The Kier molecular flexibility index (Phi) is 5.43. The fraction of sp³-hybridized carbons (Fsp3) is 0.273. The van der Waals surface area contributed by atoms with Gasteiger partial charge in [-0.2, -0.15) is 0 Å². The number of amides is 4. The Bertz CT molecular complexity index is 1020. The quantitative estimate of drug-likeness (QED) is 0.612. The molecule has 154 valence electrons. The molecule has 1 unspecified atom stereocenters. The molecule has 2 aromatic carbocycles. The first-order valence-electron chi connectivity index (χ1n) is 9.82. The maximum Gasteiger partial charge on any atom is 0.262 e. The molecule has 4 rings (SSSR count). The number of hydrogen-bond acceptors (Lipinski definition) is 6. The molecule has 0 bridgehead atoms. The van der Waals surface area contributed by atoms with Crippen LogP contribution >= 0.6 is 0 Å². The van der Waals surface area contributed by atoms with Gasteiger partial charge in [0.05, 0.1) is 11.1 Å². The summed E-state index contributed by atoms with van der Waals surface area (Å²) < 4.78 is 0. The van der Waals surface area contributed by atoms with Crippen molar-refractivity contribution < 1.29 is 19.2 Å². The summed E-state index contributed by atoms with van der Waals surface area (Å²) >= 11 is 0. The van der Waals surface area contributed by atoms with E-state index in [0.717, 1.165) is 16.0 Å². The third-order valence-corrected chi connectivity index (χ3v) is 5.49. The predicted molar refractivity (Wildman–Crippen MR) is 108 cm³/mol. The summed E-state index contributed by atoms with van der Waals surface area (Å²) in [4.78, 5) is 50.1. The molecule has 2 heterocycles. The molecule has 2 aromatic rings. The van der Waals surface area contributed by atoms with Crippen molar-refractivity contribution in [1.82, 2.24) is 15.5 Å². The highest BCUT2D eigenvalue weighted by Gasteiger charge is 2.44. The first-order chi connectivity index (χ1) is 14.5. The number of nitrogens with one attached hydrogen (secondary N) is 2. The zero-order chi connectivity index (χ0) is 21.3. The summed E-state index contributed by atoms with van der Waals surface area (Å²) in [5, 5.41) is 5.56. The smallest absolute Gasteiger partial charge is 0.262 e. The van der Waals surface area contributed by atoms with Gasteiger partial charge in [-0.05, 0) is 29.7 Å². The fourth-order valence-electron chi connectivity index (χ4n) is 3.89. The normalized spacial score (nSPS) is 19.6. The summed E-state index contributed by atoms with van der Waals surface area (Å²) in [7, 11) is 0. The van der Waals surface area contributed by atoms with Crippen molar-refractivity contribution in [1.29, 1.82) is 0 Å². The molecule has 1 fully saturated rings. The number of hydrogen-bond donors (Lipinski definition) is 3. The van der Waals surface area contributed by atoms with Gasteiger partial charge in [0, 0.05) is 25.6 Å². The van der Waals surface area contributed by atoms with Crippen LogP contribution in [0.2, 0.25) is 0 Å². The number of imide groups is 2. The summed E-state index contributed by atoms with van der Waals surface area (Å²) in [6.45, 7) is 0.875. The van der Waals surface area contributed by atoms with Gasteiger partial charge in [-0.25, -0.2) is 0 Å². The lowest BCUT2D eigenvalue weighted by Gasteiger charge is -2.27. The fourth-order valence-corrected chi connectivity index (χ4v) is 3.89. The van der Waals surface area contributed by atoms with E-state index in [1.54, 1.807) is 18.2 Å². The summed E-state index contributed by atoms with van der Waals surface area (Å²) in [6.07, 6.45) is 0.235. The van der Waals surface area contributed by atoms with Crippen LogP contribution in [0, 0.1) is 0 Å². The molecule has 8 heteroatoms. The van der Waals surface area contributed by atoms with E-state index in [9.17, 15) is 19.2 Å². The maximum atomic E-state index is 12.9. The molecule has 30 heavy (non-hydrogen) atoms. The molecule has 2 atom stereocenters. The first-order valence-corrected chi connectivity index (χ1v) is 9.82. The van der Waals surface area contributed by atoms with Gasteiger partial charge in [0.2, 0.25) is 11.8 Å². The van der Waals surface area contributed by atoms with Crippen molar-refractivity contribution in [2.45, 2.75) is 31.5 Å². The van der Waals surface area contributed by atoms with Crippen molar-refractivity contribution >= 4 is 23.6 Å². The summed E-state index contributed by atoms with van der Waals surface area (Å²) in [5.41, 5.74) is 8.33. The Morgan fingerprint density at radius 1 is 1.03 bits per heavy atom. The molecule has 0 aliphatic carbocycles. The molecule has 0 saturated carbocycles. The molecule has 0 aromatic heterocycles. The molecule has 1 saturated heterocycles. The van der Waals surface area contributed by atoms with E-state index >= 15 is 0 Å². The first kappa shape index (κ1) is 19.9. The monoisotopic (exact) mass is 406 g/mol. The van der Waals surface area contributed by atoms with Crippen LogP contribution in [0.15, 0.2) is 48.5 Å². The summed E-state index contributed by atoms with van der Waals surface area (Å²) in [5.74, 6) is -2.02. The number of piperidine rings is 1. The summed E-state index contributed by atoms with van der Waals surface area (Å²) in [6, 6.07) is 13.9. The van der Waals surface area contributed by atoms with Crippen LogP contribution < -0.4 is 16.4 Å². The van der Waals surface area contributed by atoms with E-state index in [-0.39, 0.29) is 30.0 Å². The van der Waals surface area contributed by atoms with Gasteiger partial charge in [0.25, 0.3) is 11.8 Å². The van der Waals surface area contributed by atoms with Gasteiger partial charge >= 0.3 is 0 Å². The minimum absolute atomic E-state index is 0.0447. The maximum absolute atomic E-state index is 12.9. The number of carbonyl (C=O) groups is 4. The van der Waals surface area contributed by atoms with Gasteiger partial charge in [-0.15, -0.1) is 0 Å². The van der Waals surface area contributed by atoms with Crippen molar-refractivity contribution in [3.63, 3.8) is 0 Å². The third kappa shape index (κ3) is 3.62. The number of nitrogens with two attached hydrogens (primary N) is 1. The van der Waals surface area contributed by atoms with Crippen molar-refractivity contribution in [2.75, 3.05) is 6.54 Å². The van der Waals surface area contributed by atoms with Crippen molar-refractivity contribution in [3.8, 4) is 0 Å². The second-order valence-electron chi connectivity index (χ2n) is 7.41. The standard InChI is InChI=1S/C22H22N4O4/c23-11-17(14-4-2-1-3-5-14)24-12-13-6-7-15-16(10-13)22(30)26(21(15)29)18-8-9-19(27)25-20(18)28/h1-7,10,17-18,24H,8-9,11-12,23H2,(H,25,27,28)/t17-,18?/m1/s1. The predicted octanol–water partition coefficient (Wildman–Crippen LogP) is 0.877. The zero-order valence-electron chi connectivity index (χ0n) is 16.3. The molecule has 0 spiro atoms. The Hall–Kier alpha value is -3.36. The third-order valence-electron chi connectivity index (χ3n) is 5.49.